The van der Waals surface area contributed by atoms with Crippen LogP contribution in [0.15, 0.2) is 41.7 Å². The topological polar surface area (TPSA) is 156 Å². The van der Waals surface area contributed by atoms with E-state index in [4.69, 9.17) is 4.74 Å². The Kier molecular flexibility index (Phi) is 9.39. The third-order valence-corrected chi connectivity index (χ3v) is 8.95. The van der Waals surface area contributed by atoms with E-state index < -0.39 is 26.7 Å². The largest absolute Gasteiger partial charge is 0.476 e. The molecule has 11 nitrogen and oxygen atoms in total. The van der Waals surface area contributed by atoms with Gasteiger partial charge in [-0.25, -0.2) is 19.5 Å². The molecule has 0 aliphatic heterocycles. The Morgan fingerprint density at radius 1 is 1.12 bits per heavy atom. The number of carboxylic acids is 1. The Labute approximate surface area is 252 Å². The average Bonchev–Trinajstić information content (AvgIpc) is 3.67. The number of ether oxygens (including phenoxy) is 1. The van der Waals surface area contributed by atoms with E-state index in [1.165, 1.54) is 25.7 Å². The molecule has 0 saturated heterocycles. The number of carbonyl (C=O) groups is 1. The lowest BCUT2D eigenvalue weighted by molar-refractivity contribution is 0.0689. The van der Waals surface area contributed by atoms with Crippen molar-refractivity contribution >= 4 is 34.3 Å². The van der Waals surface area contributed by atoms with E-state index in [9.17, 15) is 18.3 Å². The number of carboxylic acid groups (broad SMARTS) is 1. The Balaban J connectivity index is 0.00000405. The van der Waals surface area contributed by atoms with Gasteiger partial charge in [0.2, 0.25) is 11.8 Å². The number of aromatic nitrogens is 4. The van der Waals surface area contributed by atoms with Crippen LogP contribution in [0.1, 0.15) is 67.6 Å². The molecule has 13 heteroatoms. The zero-order valence-electron chi connectivity index (χ0n) is 24.1. The van der Waals surface area contributed by atoms with Crippen molar-refractivity contribution in [3.05, 3.63) is 53.5 Å². The molecule has 5 rings (SSSR count). The highest BCUT2D eigenvalue weighted by atomic mass is 35.5. The van der Waals surface area contributed by atoms with Gasteiger partial charge in [0.15, 0.2) is 10.7 Å². The third kappa shape index (κ3) is 7.34. The first-order valence-corrected chi connectivity index (χ1v) is 15.3. The second-order valence-corrected chi connectivity index (χ2v) is 13.4. The van der Waals surface area contributed by atoms with Crippen molar-refractivity contribution in [2.75, 3.05) is 11.3 Å². The highest BCUT2D eigenvalue weighted by molar-refractivity contribution is 7.92. The van der Waals surface area contributed by atoms with E-state index in [1.54, 1.807) is 6.07 Å². The molecule has 2 aliphatic rings. The Hall–Kier alpha value is -3.35. The van der Waals surface area contributed by atoms with Gasteiger partial charge in [0.05, 0.1) is 18.1 Å². The van der Waals surface area contributed by atoms with Gasteiger partial charge in [-0.1, -0.05) is 32.0 Å². The number of hydrogen-bond acceptors (Lipinski definition) is 9. The van der Waals surface area contributed by atoms with Crippen molar-refractivity contribution in [1.29, 1.82) is 0 Å². The molecule has 2 aliphatic carbocycles. The normalized spacial score (nSPS) is 16.4. The molecular formula is C29H37ClN6O5S. The average molecular weight is 617 g/mol. The Morgan fingerprint density at radius 3 is 2.43 bits per heavy atom. The monoisotopic (exact) mass is 616 g/mol. The number of hydrogen-bond donors (Lipinski definition) is 3. The smallest absolute Gasteiger partial charge is 0.356 e. The first-order chi connectivity index (χ1) is 19.4. The summed E-state index contributed by atoms with van der Waals surface area (Å²) in [5.74, 6) is -0.918. The van der Waals surface area contributed by atoms with Gasteiger partial charge >= 0.3 is 5.97 Å². The number of halogens is 1. The van der Waals surface area contributed by atoms with Crippen LogP contribution in [0.2, 0.25) is 0 Å². The standard InChI is InChI=1S/C29H36N6O5S.ClH/c1-17(2)10-20(31-21-12-29(13-21)8-9-29)16-40-24-11-22(26-18(3)6-5-7-19(26)4)33-28(34-24)35-41(38,39)25-15-30-14-23(32-25)27(36)37;/h5-7,11,14-15,17,20-21,31H,8-10,12-13,16H2,1-4H3,(H,36,37)(H,33,34,35);1H/t20-;/m1./s1. The van der Waals surface area contributed by atoms with Crippen molar-refractivity contribution in [1.82, 2.24) is 25.3 Å². The Morgan fingerprint density at radius 2 is 1.81 bits per heavy atom. The minimum absolute atomic E-state index is 0. The molecule has 3 N–H and O–H groups in total. The summed E-state index contributed by atoms with van der Waals surface area (Å²) in [6.45, 7) is 8.63. The zero-order chi connectivity index (χ0) is 29.4. The highest BCUT2D eigenvalue weighted by Crippen LogP contribution is 2.60. The molecule has 2 saturated carbocycles. The second-order valence-electron chi connectivity index (χ2n) is 11.7. The van der Waals surface area contributed by atoms with E-state index in [0.29, 0.717) is 29.7 Å². The van der Waals surface area contributed by atoms with Crippen LogP contribution in [0.5, 0.6) is 5.88 Å². The quantitative estimate of drug-likeness (QED) is 0.258. The van der Waals surface area contributed by atoms with Gasteiger partial charge in [-0.15, -0.1) is 12.4 Å². The van der Waals surface area contributed by atoms with E-state index in [2.05, 4.69) is 43.8 Å². The molecule has 0 bridgehead atoms. The van der Waals surface area contributed by atoms with Gasteiger partial charge in [-0.05, 0) is 68.4 Å². The number of aryl methyl sites for hydroxylation is 2. The number of aromatic carboxylic acids is 1. The molecule has 1 spiro atoms. The molecule has 2 aromatic heterocycles. The molecule has 0 unspecified atom stereocenters. The first kappa shape index (κ1) is 31.6. The molecule has 2 fully saturated rings. The number of sulfonamides is 1. The lowest BCUT2D eigenvalue weighted by Gasteiger charge is -2.39. The SMILES string of the molecule is Cc1cccc(C)c1-c1cc(OC[C@@H](CC(C)C)NC2CC3(CC3)C2)nc(NS(=O)(=O)c2cncc(C(=O)O)n2)n1.Cl. The van der Waals surface area contributed by atoms with Crippen molar-refractivity contribution in [2.24, 2.45) is 11.3 Å². The number of nitrogens with one attached hydrogen (secondary N) is 2. The summed E-state index contributed by atoms with van der Waals surface area (Å²) in [6.07, 6.45) is 7.97. The van der Waals surface area contributed by atoms with Crippen LogP contribution in [-0.2, 0) is 10.0 Å². The lowest BCUT2D eigenvalue weighted by Crippen LogP contribution is -2.49. The predicted octanol–water partition coefficient (Wildman–Crippen LogP) is 4.80. The Bertz CT molecular complexity index is 1540. The maximum Gasteiger partial charge on any atom is 0.356 e. The van der Waals surface area contributed by atoms with Crippen LogP contribution in [0.4, 0.5) is 5.95 Å². The number of anilines is 1. The number of benzene rings is 1. The maximum atomic E-state index is 13.1. The fourth-order valence-corrected chi connectivity index (χ4v) is 6.46. The molecule has 42 heavy (non-hydrogen) atoms. The molecule has 226 valence electrons. The van der Waals surface area contributed by atoms with E-state index in [0.717, 1.165) is 35.5 Å². The summed E-state index contributed by atoms with van der Waals surface area (Å²) in [4.78, 5) is 27.6. The summed E-state index contributed by atoms with van der Waals surface area (Å²) in [6, 6.07) is 8.17. The summed E-state index contributed by atoms with van der Waals surface area (Å²) in [7, 11) is -4.35. The molecular weight excluding hydrogens is 580 g/mol. The number of rotatable bonds is 12. The van der Waals surface area contributed by atoms with Crippen LogP contribution in [0, 0.1) is 25.2 Å². The van der Waals surface area contributed by atoms with Gasteiger partial charge in [0.1, 0.15) is 6.61 Å². The van der Waals surface area contributed by atoms with E-state index >= 15 is 0 Å². The van der Waals surface area contributed by atoms with Crippen LogP contribution in [-0.4, -0.2) is 58.1 Å². The third-order valence-electron chi connectivity index (χ3n) is 7.75. The van der Waals surface area contributed by atoms with E-state index in [1.807, 2.05) is 32.0 Å². The fraction of sp³-hybridized carbons (Fsp3) is 0.483. The first-order valence-electron chi connectivity index (χ1n) is 13.9. The van der Waals surface area contributed by atoms with Gasteiger partial charge in [0, 0.05) is 23.7 Å². The zero-order valence-corrected chi connectivity index (χ0v) is 25.8. The molecule has 1 aromatic carbocycles. The summed E-state index contributed by atoms with van der Waals surface area (Å²) >= 11 is 0. The van der Waals surface area contributed by atoms with Gasteiger partial charge in [-0.3, -0.25) is 4.98 Å². The van der Waals surface area contributed by atoms with Crippen molar-refractivity contribution in [2.45, 2.75) is 76.9 Å². The highest BCUT2D eigenvalue weighted by Gasteiger charge is 2.53. The van der Waals surface area contributed by atoms with Gasteiger partial charge in [-0.2, -0.15) is 13.4 Å². The molecule has 3 aromatic rings. The van der Waals surface area contributed by atoms with Crippen LogP contribution >= 0.6 is 12.4 Å². The van der Waals surface area contributed by atoms with E-state index in [-0.39, 0.29) is 30.3 Å². The summed E-state index contributed by atoms with van der Waals surface area (Å²) in [5, 5.41) is 12.4. The summed E-state index contributed by atoms with van der Waals surface area (Å²) in [5.41, 5.74) is 3.35. The lowest BCUT2D eigenvalue weighted by atomic mass is 9.76. The minimum atomic E-state index is -4.35. The molecule has 2 heterocycles. The van der Waals surface area contributed by atoms with Gasteiger partial charge < -0.3 is 15.2 Å². The molecule has 1 atom stereocenters. The van der Waals surface area contributed by atoms with Gasteiger partial charge in [0.25, 0.3) is 10.0 Å². The second kappa shape index (κ2) is 12.5. The summed E-state index contributed by atoms with van der Waals surface area (Å²) < 4.78 is 34.8. The predicted molar refractivity (Wildman–Crippen MR) is 161 cm³/mol. The molecule has 0 amide bonds. The van der Waals surface area contributed by atoms with Crippen molar-refractivity contribution in [3.63, 3.8) is 0 Å². The fourth-order valence-electron chi connectivity index (χ4n) is 5.61. The molecule has 0 radical (unpaired) electrons. The van der Waals surface area contributed by atoms with Crippen LogP contribution in [0.3, 0.4) is 0 Å². The van der Waals surface area contributed by atoms with Crippen molar-refractivity contribution < 1.29 is 23.1 Å². The van der Waals surface area contributed by atoms with Crippen molar-refractivity contribution in [3.8, 4) is 17.1 Å². The van der Waals surface area contributed by atoms with Crippen LogP contribution < -0.4 is 14.8 Å². The maximum absolute atomic E-state index is 13.1. The number of nitrogens with zero attached hydrogens (tertiary/aromatic N) is 4. The minimum Gasteiger partial charge on any atom is -0.476 e. The van der Waals surface area contributed by atoms with Crippen LogP contribution in [0.25, 0.3) is 11.3 Å².